The van der Waals surface area contributed by atoms with Crippen molar-refractivity contribution in [3.05, 3.63) is 46.7 Å². The van der Waals surface area contributed by atoms with E-state index in [1.165, 1.54) is 28.7 Å². The maximum absolute atomic E-state index is 13.6. The predicted octanol–water partition coefficient (Wildman–Crippen LogP) is 7.22. The summed E-state index contributed by atoms with van der Waals surface area (Å²) in [7, 11) is 0. The van der Waals surface area contributed by atoms with Crippen molar-refractivity contribution >= 4 is 39.8 Å². The minimum Gasteiger partial charge on any atom is -0.286 e. The highest BCUT2D eigenvalue weighted by molar-refractivity contribution is 7.26. The van der Waals surface area contributed by atoms with Gasteiger partial charge in [0.05, 0.1) is 4.88 Å². The van der Waals surface area contributed by atoms with E-state index in [0.717, 1.165) is 15.8 Å². The van der Waals surface area contributed by atoms with Gasteiger partial charge in [0.1, 0.15) is 0 Å². The number of hydrogen-bond donors (Lipinski definition) is 0. The SMILES string of the molecule is O=C(c1ccc(-c2ccc(-c3cccs3)s2)s1)C(F)(F)C(F)(F)C(F)(F)F. The van der Waals surface area contributed by atoms with Crippen LogP contribution < -0.4 is 0 Å². The molecule has 0 fully saturated rings. The summed E-state index contributed by atoms with van der Waals surface area (Å²) in [5.41, 5.74) is 0. The number of Topliss-reactive ketones (excluding diaryl/α,β-unsaturated/α-hetero) is 1. The Morgan fingerprint density at radius 1 is 0.741 bits per heavy atom. The number of alkyl halides is 7. The fourth-order valence-corrected chi connectivity index (χ4v) is 5.00. The fraction of sp³-hybridized carbons (Fsp3) is 0.188. The fourth-order valence-electron chi connectivity index (χ4n) is 2.09. The van der Waals surface area contributed by atoms with Crippen LogP contribution in [0, 0.1) is 0 Å². The van der Waals surface area contributed by atoms with E-state index in [1.807, 2.05) is 17.5 Å². The molecule has 3 heterocycles. The molecule has 0 bridgehead atoms. The van der Waals surface area contributed by atoms with Crippen molar-refractivity contribution in [1.29, 1.82) is 0 Å². The van der Waals surface area contributed by atoms with Crippen LogP contribution in [-0.2, 0) is 0 Å². The molecule has 3 aromatic heterocycles. The number of rotatable bonds is 5. The van der Waals surface area contributed by atoms with Gasteiger partial charge in [0.2, 0.25) is 5.78 Å². The average Bonchev–Trinajstić information content (AvgIpc) is 3.31. The molecule has 0 unspecified atom stereocenters. The zero-order valence-corrected chi connectivity index (χ0v) is 15.3. The Bertz CT molecular complexity index is 951. The quantitative estimate of drug-likeness (QED) is 0.300. The maximum Gasteiger partial charge on any atom is 0.460 e. The molecule has 0 radical (unpaired) electrons. The van der Waals surface area contributed by atoms with E-state index in [0.29, 0.717) is 21.1 Å². The van der Waals surface area contributed by atoms with Crippen LogP contribution in [-0.4, -0.2) is 23.8 Å². The third-order valence-electron chi connectivity index (χ3n) is 3.48. The third-order valence-corrected chi connectivity index (χ3v) is 6.91. The van der Waals surface area contributed by atoms with Crippen LogP contribution in [0.15, 0.2) is 41.8 Å². The molecular weight excluding hydrogens is 437 g/mol. The summed E-state index contributed by atoms with van der Waals surface area (Å²) >= 11 is 3.20. The minimum atomic E-state index is -6.55. The van der Waals surface area contributed by atoms with Crippen molar-refractivity contribution in [3.63, 3.8) is 0 Å². The van der Waals surface area contributed by atoms with Crippen LogP contribution in [0.4, 0.5) is 30.7 Å². The second-order valence-electron chi connectivity index (χ2n) is 5.28. The van der Waals surface area contributed by atoms with Crippen molar-refractivity contribution in [3.8, 4) is 19.5 Å². The second kappa shape index (κ2) is 6.71. The summed E-state index contributed by atoms with van der Waals surface area (Å²) in [4.78, 5) is 13.5. The summed E-state index contributed by atoms with van der Waals surface area (Å²) in [6, 6.07) is 9.19. The van der Waals surface area contributed by atoms with Gasteiger partial charge in [-0.05, 0) is 35.7 Å². The second-order valence-corrected chi connectivity index (χ2v) is 8.40. The Hall–Kier alpha value is -1.72. The molecule has 11 heteroatoms. The molecule has 0 aromatic carbocycles. The molecule has 0 aliphatic carbocycles. The molecule has 0 amide bonds. The summed E-state index contributed by atoms with van der Waals surface area (Å²) in [6.45, 7) is 0. The summed E-state index contributed by atoms with van der Waals surface area (Å²) in [5, 5.41) is 1.86. The van der Waals surface area contributed by atoms with Gasteiger partial charge in [-0.3, -0.25) is 4.79 Å². The molecule has 0 saturated carbocycles. The number of hydrogen-bond acceptors (Lipinski definition) is 4. The smallest absolute Gasteiger partial charge is 0.286 e. The first kappa shape index (κ1) is 20.0. The summed E-state index contributed by atoms with van der Waals surface area (Å²) in [5.74, 6) is -14.9. The lowest BCUT2D eigenvalue weighted by Gasteiger charge is -2.26. The van der Waals surface area contributed by atoms with Crippen molar-refractivity contribution in [2.45, 2.75) is 18.0 Å². The highest BCUT2D eigenvalue weighted by Crippen LogP contribution is 2.49. The molecule has 3 aromatic rings. The number of ketones is 1. The van der Waals surface area contributed by atoms with Crippen LogP contribution in [0.5, 0.6) is 0 Å². The van der Waals surface area contributed by atoms with E-state index in [9.17, 15) is 35.5 Å². The molecule has 3 rings (SSSR count). The Labute approximate surface area is 159 Å². The first-order valence-electron chi connectivity index (χ1n) is 7.06. The first-order valence-corrected chi connectivity index (χ1v) is 9.57. The number of halogens is 7. The average molecular weight is 444 g/mol. The van der Waals surface area contributed by atoms with E-state index in [-0.39, 0.29) is 0 Å². The van der Waals surface area contributed by atoms with E-state index >= 15 is 0 Å². The standard InChI is InChI=1S/C16H7F7OS3/c17-14(18,15(19,20)16(21,22)23)13(24)12-6-5-11(27-12)10-4-3-9(26-10)8-2-1-7-25-8/h1-7H. The molecular formula is C16H7F7OS3. The monoisotopic (exact) mass is 444 g/mol. The molecule has 0 aliphatic heterocycles. The molecule has 0 aliphatic rings. The largest absolute Gasteiger partial charge is 0.460 e. The van der Waals surface area contributed by atoms with E-state index in [2.05, 4.69) is 0 Å². The molecule has 0 N–H and O–H groups in total. The van der Waals surface area contributed by atoms with Crippen LogP contribution >= 0.6 is 34.0 Å². The van der Waals surface area contributed by atoms with Crippen LogP contribution in [0.2, 0.25) is 0 Å². The van der Waals surface area contributed by atoms with Gasteiger partial charge in [-0.15, -0.1) is 34.0 Å². The Morgan fingerprint density at radius 2 is 1.30 bits per heavy atom. The highest BCUT2D eigenvalue weighted by atomic mass is 32.1. The molecule has 144 valence electrons. The molecule has 0 saturated heterocycles. The molecule has 0 atom stereocenters. The minimum absolute atomic E-state index is 0.317. The van der Waals surface area contributed by atoms with E-state index < -0.39 is 28.7 Å². The van der Waals surface area contributed by atoms with Crippen molar-refractivity contribution in [2.75, 3.05) is 0 Å². The van der Waals surface area contributed by atoms with Crippen LogP contribution in [0.1, 0.15) is 9.67 Å². The topological polar surface area (TPSA) is 17.1 Å². The van der Waals surface area contributed by atoms with Gasteiger partial charge in [-0.2, -0.15) is 30.7 Å². The zero-order chi connectivity index (χ0) is 20.0. The lowest BCUT2D eigenvalue weighted by Crippen LogP contribution is -2.56. The van der Waals surface area contributed by atoms with Gasteiger partial charge in [-0.25, -0.2) is 0 Å². The number of thiophene rings is 3. The molecule has 27 heavy (non-hydrogen) atoms. The highest BCUT2D eigenvalue weighted by Gasteiger charge is 2.76. The Balaban J connectivity index is 1.88. The van der Waals surface area contributed by atoms with Crippen molar-refractivity contribution in [1.82, 2.24) is 0 Å². The van der Waals surface area contributed by atoms with Crippen LogP contribution in [0.25, 0.3) is 19.5 Å². The van der Waals surface area contributed by atoms with Gasteiger partial charge in [-0.1, -0.05) is 6.07 Å². The lowest BCUT2D eigenvalue weighted by molar-refractivity contribution is -0.339. The van der Waals surface area contributed by atoms with Gasteiger partial charge in [0, 0.05) is 19.5 Å². The Morgan fingerprint density at radius 3 is 1.85 bits per heavy atom. The normalized spacial score (nSPS) is 13.1. The van der Waals surface area contributed by atoms with Gasteiger partial charge >= 0.3 is 18.0 Å². The van der Waals surface area contributed by atoms with Gasteiger partial charge in [0.15, 0.2) is 0 Å². The van der Waals surface area contributed by atoms with Crippen molar-refractivity contribution in [2.24, 2.45) is 0 Å². The molecule has 1 nitrogen and oxygen atoms in total. The van der Waals surface area contributed by atoms with Gasteiger partial charge < -0.3 is 0 Å². The Kier molecular flexibility index (Phi) is 4.98. The summed E-state index contributed by atoms with van der Waals surface area (Å²) in [6.07, 6.45) is -6.55. The zero-order valence-electron chi connectivity index (χ0n) is 12.8. The first-order chi connectivity index (χ1) is 12.4. The maximum atomic E-state index is 13.6. The lowest BCUT2D eigenvalue weighted by atomic mass is 10.1. The van der Waals surface area contributed by atoms with E-state index in [4.69, 9.17) is 0 Å². The van der Waals surface area contributed by atoms with E-state index in [1.54, 1.807) is 12.1 Å². The number of carbonyl (C=O) groups is 1. The predicted molar refractivity (Wildman–Crippen MR) is 91.2 cm³/mol. The van der Waals surface area contributed by atoms with Crippen LogP contribution in [0.3, 0.4) is 0 Å². The number of carbonyl (C=O) groups excluding carboxylic acids is 1. The van der Waals surface area contributed by atoms with Gasteiger partial charge in [0.25, 0.3) is 0 Å². The third kappa shape index (κ3) is 3.43. The summed E-state index contributed by atoms with van der Waals surface area (Å²) < 4.78 is 89.9. The van der Waals surface area contributed by atoms with Crippen molar-refractivity contribution < 1.29 is 35.5 Å². The molecule has 0 spiro atoms.